The maximum absolute atomic E-state index is 13.4. The molecular weight excluding hydrogens is 486 g/mol. The van der Waals surface area contributed by atoms with E-state index >= 15 is 0 Å². The molecule has 3 rings (SSSR count). The molecule has 1 aliphatic rings. The summed E-state index contributed by atoms with van der Waals surface area (Å²) in [5.74, 6) is -1.79. The smallest absolute Gasteiger partial charge is 0.408 e. The van der Waals surface area contributed by atoms with Crippen molar-refractivity contribution in [2.24, 2.45) is 0 Å². The maximum Gasteiger partial charge on any atom is 0.408 e. The summed E-state index contributed by atoms with van der Waals surface area (Å²) in [6.45, 7) is 6.61. The molecule has 1 atom stereocenters. The van der Waals surface area contributed by atoms with E-state index in [-0.39, 0.29) is 25.6 Å². The number of benzene rings is 2. The number of hydrogen-bond donors (Lipinski definition) is 1. The van der Waals surface area contributed by atoms with Crippen LogP contribution in [-0.2, 0) is 23.9 Å². The Morgan fingerprint density at radius 3 is 2.05 bits per heavy atom. The standard InChI is InChI=1S/C29H35N3O6/c1-7-16-37-25(33)17-24(26(34)31(4)5)32(6)27(35)29(2,3)30-28(36)38-18-23-21-14-10-8-12-19(21)20-13-9-11-15-22(20)23/h7-15,23-24H,1,16-18H2,2-6H3,(H,30,36)/t24-/m0/s1. The van der Waals surface area contributed by atoms with Crippen LogP contribution in [0.1, 0.15) is 37.3 Å². The van der Waals surface area contributed by atoms with Crippen LogP contribution in [0.3, 0.4) is 0 Å². The molecule has 38 heavy (non-hydrogen) atoms. The highest BCUT2D eigenvalue weighted by atomic mass is 16.5. The lowest BCUT2D eigenvalue weighted by Gasteiger charge is -2.35. The van der Waals surface area contributed by atoms with Crippen molar-refractivity contribution < 1.29 is 28.7 Å². The molecule has 2 aromatic carbocycles. The Morgan fingerprint density at radius 2 is 1.53 bits per heavy atom. The highest BCUT2D eigenvalue weighted by Gasteiger charge is 2.39. The quantitative estimate of drug-likeness (QED) is 0.380. The van der Waals surface area contributed by atoms with Gasteiger partial charge in [0.2, 0.25) is 11.8 Å². The number of alkyl carbamates (subject to hydrolysis) is 1. The van der Waals surface area contributed by atoms with Crippen molar-refractivity contribution in [2.75, 3.05) is 34.4 Å². The van der Waals surface area contributed by atoms with Gasteiger partial charge in [-0.2, -0.15) is 0 Å². The number of nitrogens with one attached hydrogen (secondary N) is 1. The fourth-order valence-corrected chi connectivity index (χ4v) is 4.58. The average Bonchev–Trinajstić information content (AvgIpc) is 3.21. The van der Waals surface area contributed by atoms with Gasteiger partial charge in [-0.1, -0.05) is 61.2 Å². The Balaban J connectivity index is 1.68. The summed E-state index contributed by atoms with van der Waals surface area (Å²) in [5.41, 5.74) is 2.94. The number of ether oxygens (including phenoxy) is 2. The van der Waals surface area contributed by atoms with Gasteiger partial charge in [-0.25, -0.2) is 4.79 Å². The number of likely N-dealkylation sites (N-methyl/N-ethyl adjacent to an activating group) is 2. The van der Waals surface area contributed by atoms with Gasteiger partial charge in [-0.05, 0) is 36.1 Å². The molecule has 3 amide bonds. The number of rotatable bonds is 10. The molecule has 0 aromatic heterocycles. The Bertz CT molecular complexity index is 1180. The molecule has 0 radical (unpaired) electrons. The molecule has 0 bridgehead atoms. The summed E-state index contributed by atoms with van der Waals surface area (Å²) in [6.07, 6.45) is 0.310. The van der Waals surface area contributed by atoms with Gasteiger partial charge >= 0.3 is 12.1 Å². The van der Waals surface area contributed by atoms with Crippen LogP contribution < -0.4 is 5.32 Å². The average molecular weight is 522 g/mol. The van der Waals surface area contributed by atoms with E-state index in [0.29, 0.717) is 0 Å². The van der Waals surface area contributed by atoms with Gasteiger partial charge in [-0.15, -0.1) is 0 Å². The number of esters is 1. The minimum Gasteiger partial charge on any atom is -0.461 e. The van der Waals surface area contributed by atoms with Crippen LogP contribution in [0.15, 0.2) is 61.2 Å². The monoisotopic (exact) mass is 521 g/mol. The third-order valence-electron chi connectivity index (χ3n) is 6.53. The predicted octanol–water partition coefficient (Wildman–Crippen LogP) is 3.34. The van der Waals surface area contributed by atoms with Gasteiger partial charge < -0.3 is 24.6 Å². The van der Waals surface area contributed by atoms with Crippen LogP contribution in [0.4, 0.5) is 4.79 Å². The van der Waals surface area contributed by atoms with Gasteiger partial charge in [0.25, 0.3) is 0 Å². The highest BCUT2D eigenvalue weighted by Crippen LogP contribution is 2.44. The number of hydrogen-bond acceptors (Lipinski definition) is 6. The minimum atomic E-state index is -1.42. The molecule has 0 fully saturated rings. The number of amides is 3. The van der Waals surface area contributed by atoms with Crippen molar-refractivity contribution >= 4 is 23.9 Å². The summed E-state index contributed by atoms with van der Waals surface area (Å²) in [7, 11) is 4.47. The zero-order valence-electron chi connectivity index (χ0n) is 22.5. The van der Waals surface area contributed by atoms with E-state index in [1.807, 2.05) is 48.5 Å². The molecule has 1 N–H and O–H groups in total. The normalized spacial score (nSPS) is 13.0. The van der Waals surface area contributed by atoms with Crippen LogP contribution >= 0.6 is 0 Å². The molecule has 1 aliphatic carbocycles. The zero-order chi connectivity index (χ0) is 28.0. The van der Waals surface area contributed by atoms with Gasteiger partial charge in [0.1, 0.15) is 24.8 Å². The SMILES string of the molecule is C=CCOC(=O)C[C@@H](C(=O)N(C)C)N(C)C(=O)C(C)(C)NC(=O)OCC1c2ccccc2-c2ccccc21. The molecule has 0 saturated heterocycles. The van der Waals surface area contributed by atoms with Crippen molar-refractivity contribution in [2.45, 2.75) is 37.8 Å². The predicted molar refractivity (Wildman–Crippen MR) is 143 cm³/mol. The molecule has 0 saturated carbocycles. The topological polar surface area (TPSA) is 105 Å². The van der Waals surface area contributed by atoms with Gasteiger partial charge in [-0.3, -0.25) is 14.4 Å². The minimum absolute atomic E-state index is 0.00575. The Morgan fingerprint density at radius 1 is 0.974 bits per heavy atom. The summed E-state index contributed by atoms with van der Waals surface area (Å²) < 4.78 is 10.6. The summed E-state index contributed by atoms with van der Waals surface area (Å²) in [4.78, 5) is 53.6. The van der Waals surface area contributed by atoms with Gasteiger partial charge in [0.05, 0.1) is 6.42 Å². The zero-order valence-corrected chi connectivity index (χ0v) is 22.5. The fourth-order valence-electron chi connectivity index (χ4n) is 4.58. The summed E-state index contributed by atoms with van der Waals surface area (Å²) >= 11 is 0. The highest BCUT2D eigenvalue weighted by molar-refractivity contribution is 5.95. The molecule has 0 spiro atoms. The first-order valence-corrected chi connectivity index (χ1v) is 12.4. The first-order chi connectivity index (χ1) is 18.0. The van der Waals surface area contributed by atoms with E-state index in [1.54, 1.807) is 0 Å². The lowest BCUT2D eigenvalue weighted by atomic mass is 9.98. The second-order valence-electron chi connectivity index (χ2n) is 9.92. The molecular formula is C29H35N3O6. The van der Waals surface area contributed by atoms with Crippen molar-refractivity contribution in [3.63, 3.8) is 0 Å². The second kappa shape index (κ2) is 11.9. The van der Waals surface area contributed by atoms with Crippen LogP contribution in [0.2, 0.25) is 0 Å². The van der Waals surface area contributed by atoms with Crippen LogP contribution in [0.5, 0.6) is 0 Å². The van der Waals surface area contributed by atoms with Crippen molar-refractivity contribution in [1.29, 1.82) is 0 Å². The molecule has 0 aliphatic heterocycles. The van der Waals surface area contributed by atoms with Crippen LogP contribution in [-0.4, -0.2) is 79.6 Å². The van der Waals surface area contributed by atoms with E-state index in [2.05, 4.69) is 11.9 Å². The van der Waals surface area contributed by atoms with Crippen molar-refractivity contribution in [3.05, 3.63) is 72.3 Å². The molecule has 0 unspecified atom stereocenters. The molecule has 9 heteroatoms. The van der Waals surface area contributed by atoms with E-state index in [9.17, 15) is 19.2 Å². The van der Waals surface area contributed by atoms with Gasteiger partial charge in [0.15, 0.2) is 0 Å². The second-order valence-corrected chi connectivity index (χ2v) is 9.92. The largest absolute Gasteiger partial charge is 0.461 e. The van der Waals surface area contributed by atoms with Gasteiger partial charge in [0, 0.05) is 27.1 Å². The van der Waals surface area contributed by atoms with E-state index < -0.39 is 35.5 Å². The number of nitrogens with zero attached hydrogens (tertiary/aromatic N) is 2. The van der Waals surface area contributed by atoms with E-state index in [4.69, 9.17) is 9.47 Å². The number of carbonyl (C=O) groups excluding carboxylic acids is 4. The van der Waals surface area contributed by atoms with Crippen LogP contribution in [0.25, 0.3) is 11.1 Å². The molecule has 202 valence electrons. The number of fused-ring (bicyclic) bond motifs is 3. The first kappa shape index (κ1) is 28.4. The Hall–Kier alpha value is -4.14. The maximum atomic E-state index is 13.4. The lowest BCUT2D eigenvalue weighted by Crippen LogP contribution is -2.59. The van der Waals surface area contributed by atoms with Crippen molar-refractivity contribution in [3.8, 4) is 11.1 Å². The molecule has 9 nitrogen and oxygen atoms in total. The Kier molecular flexibility index (Phi) is 8.93. The van der Waals surface area contributed by atoms with E-state index in [1.165, 1.54) is 46.0 Å². The lowest BCUT2D eigenvalue weighted by molar-refractivity contribution is -0.152. The third kappa shape index (κ3) is 6.22. The Labute approximate surface area is 223 Å². The van der Waals surface area contributed by atoms with Crippen molar-refractivity contribution in [1.82, 2.24) is 15.1 Å². The number of carbonyl (C=O) groups is 4. The van der Waals surface area contributed by atoms with E-state index in [0.717, 1.165) is 27.2 Å². The van der Waals surface area contributed by atoms with Crippen LogP contribution in [0, 0.1) is 0 Å². The summed E-state index contributed by atoms with van der Waals surface area (Å²) in [6, 6.07) is 14.9. The third-order valence-corrected chi connectivity index (χ3v) is 6.53. The molecule has 0 heterocycles. The first-order valence-electron chi connectivity index (χ1n) is 12.4. The molecule has 2 aromatic rings. The summed E-state index contributed by atoms with van der Waals surface area (Å²) in [5, 5.41) is 2.61. The fraction of sp³-hybridized carbons (Fsp3) is 0.379.